The first kappa shape index (κ1) is 10.9. The molecule has 0 fully saturated rings. The first-order valence-electron chi connectivity index (χ1n) is 4.49. The minimum atomic E-state index is -0.0726. The van der Waals surface area contributed by atoms with Gasteiger partial charge in [0.25, 0.3) is 0 Å². The van der Waals surface area contributed by atoms with E-state index in [0.29, 0.717) is 0 Å². The molecule has 0 saturated carbocycles. The lowest BCUT2D eigenvalue weighted by Crippen LogP contribution is -2.07. The molecule has 2 atom stereocenters. The number of alkyl halides is 2. The molecule has 13 heavy (non-hydrogen) atoms. The third-order valence-corrected chi connectivity index (χ3v) is 2.70. The molecule has 0 aromatic carbocycles. The van der Waals surface area contributed by atoms with Gasteiger partial charge < -0.3 is 4.57 Å². The Morgan fingerprint density at radius 1 is 1.46 bits per heavy atom. The average molecular weight is 221 g/mol. The highest BCUT2D eigenvalue weighted by molar-refractivity contribution is 6.22. The van der Waals surface area contributed by atoms with Crippen LogP contribution in [0.25, 0.3) is 0 Å². The number of nitrogens with zero attached hydrogens (tertiary/aromatic N) is 2. The molecule has 0 bridgehead atoms. The normalized spacial score (nSPS) is 15.6. The summed E-state index contributed by atoms with van der Waals surface area (Å²) in [5.41, 5.74) is -0.0726. The van der Waals surface area contributed by atoms with Crippen LogP contribution in [-0.4, -0.2) is 14.9 Å². The Hall–Kier alpha value is -0.210. The van der Waals surface area contributed by atoms with Gasteiger partial charge in [-0.15, -0.1) is 11.6 Å². The van der Waals surface area contributed by atoms with E-state index in [1.54, 1.807) is 12.5 Å². The molecular weight excluding hydrogens is 207 g/mol. The van der Waals surface area contributed by atoms with Gasteiger partial charge in [0.2, 0.25) is 0 Å². The zero-order valence-corrected chi connectivity index (χ0v) is 9.17. The van der Waals surface area contributed by atoms with E-state index in [-0.39, 0.29) is 10.9 Å². The predicted octanol–water partition coefficient (Wildman–Crippen LogP) is 3.42. The van der Waals surface area contributed by atoms with Crippen molar-refractivity contribution in [1.29, 1.82) is 0 Å². The highest BCUT2D eigenvalue weighted by atomic mass is 35.5. The standard InChI is InChI=1S/C9H14Cl2N2/c1-2-3-8(10)6-9(11)13-5-4-12-7-13/h4-5,7-9H,2-3,6H2,1H3. The molecule has 0 saturated heterocycles. The van der Waals surface area contributed by atoms with Crippen molar-refractivity contribution in [3.05, 3.63) is 18.7 Å². The van der Waals surface area contributed by atoms with Gasteiger partial charge in [-0.25, -0.2) is 4.98 Å². The van der Waals surface area contributed by atoms with Gasteiger partial charge in [-0.3, -0.25) is 0 Å². The lowest BCUT2D eigenvalue weighted by molar-refractivity contribution is 0.567. The number of halogens is 2. The van der Waals surface area contributed by atoms with E-state index in [1.165, 1.54) is 0 Å². The fourth-order valence-corrected chi connectivity index (χ4v) is 2.01. The number of hydrogen-bond donors (Lipinski definition) is 0. The number of imidazole rings is 1. The van der Waals surface area contributed by atoms with E-state index in [2.05, 4.69) is 11.9 Å². The Balaban J connectivity index is 2.37. The molecule has 0 amide bonds. The number of rotatable bonds is 5. The van der Waals surface area contributed by atoms with Gasteiger partial charge in [0.1, 0.15) is 5.50 Å². The lowest BCUT2D eigenvalue weighted by Gasteiger charge is -2.14. The van der Waals surface area contributed by atoms with E-state index in [1.807, 2.05) is 10.8 Å². The van der Waals surface area contributed by atoms with Gasteiger partial charge >= 0.3 is 0 Å². The Kier molecular flexibility index (Phi) is 4.60. The molecule has 1 rings (SSSR count). The van der Waals surface area contributed by atoms with Gasteiger partial charge in [-0.05, 0) is 12.8 Å². The van der Waals surface area contributed by atoms with Gasteiger partial charge in [0.15, 0.2) is 0 Å². The fourth-order valence-electron chi connectivity index (χ4n) is 1.20. The summed E-state index contributed by atoms with van der Waals surface area (Å²) < 4.78 is 1.87. The van der Waals surface area contributed by atoms with Gasteiger partial charge in [0, 0.05) is 17.8 Å². The quantitative estimate of drug-likeness (QED) is 0.696. The summed E-state index contributed by atoms with van der Waals surface area (Å²) >= 11 is 12.2. The number of aromatic nitrogens is 2. The van der Waals surface area contributed by atoms with E-state index in [9.17, 15) is 0 Å². The molecule has 2 unspecified atom stereocenters. The highest BCUT2D eigenvalue weighted by Crippen LogP contribution is 2.23. The summed E-state index contributed by atoms with van der Waals surface area (Å²) in [5.74, 6) is 0. The van der Waals surface area contributed by atoms with E-state index >= 15 is 0 Å². The van der Waals surface area contributed by atoms with Crippen molar-refractivity contribution in [3.63, 3.8) is 0 Å². The van der Waals surface area contributed by atoms with Crippen LogP contribution in [0.15, 0.2) is 18.7 Å². The first-order chi connectivity index (χ1) is 6.24. The number of hydrogen-bond acceptors (Lipinski definition) is 1. The van der Waals surface area contributed by atoms with Crippen LogP contribution in [0.5, 0.6) is 0 Å². The summed E-state index contributed by atoms with van der Waals surface area (Å²) in [5, 5.41) is 0.162. The van der Waals surface area contributed by atoms with E-state index in [4.69, 9.17) is 23.2 Å². The van der Waals surface area contributed by atoms with Crippen LogP contribution in [0.2, 0.25) is 0 Å². The fraction of sp³-hybridized carbons (Fsp3) is 0.667. The van der Waals surface area contributed by atoms with Crippen LogP contribution < -0.4 is 0 Å². The van der Waals surface area contributed by atoms with Crippen molar-refractivity contribution in [2.75, 3.05) is 0 Å². The second kappa shape index (κ2) is 5.51. The monoisotopic (exact) mass is 220 g/mol. The Labute approximate surface area is 88.9 Å². The summed E-state index contributed by atoms with van der Waals surface area (Å²) in [6.45, 7) is 2.12. The summed E-state index contributed by atoms with van der Waals surface area (Å²) in [7, 11) is 0. The molecule has 0 spiro atoms. The maximum atomic E-state index is 6.12. The average Bonchev–Trinajstić information content (AvgIpc) is 2.55. The largest absolute Gasteiger partial charge is 0.320 e. The molecule has 1 aromatic rings. The minimum absolute atomic E-state index is 0.0726. The molecule has 1 heterocycles. The Morgan fingerprint density at radius 3 is 2.77 bits per heavy atom. The zero-order valence-electron chi connectivity index (χ0n) is 7.66. The first-order valence-corrected chi connectivity index (χ1v) is 5.37. The van der Waals surface area contributed by atoms with E-state index in [0.717, 1.165) is 19.3 Å². The molecule has 4 heteroatoms. The van der Waals surface area contributed by atoms with Crippen molar-refractivity contribution < 1.29 is 0 Å². The third-order valence-electron chi connectivity index (χ3n) is 1.90. The van der Waals surface area contributed by atoms with Crippen molar-refractivity contribution in [2.24, 2.45) is 0 Å². The lowest BCUT2D eigenvalue weighted by atomic mass is 10.2. The third kappa shape index (κ3) is 3.57. The van der Waals surface area contributed by atoms with Crippen molar-refractivity contribution >= 4 is 23.2 Å². The van der Waals surface area contributed by atoms with Gasteiger partial charge in [0.05, 0.1) is 6.33 Å². The zero-order chi connectivity index (χ0) is 9.68. The summed E-state index contributed by atoms with van der Waals surface area (Å²) in [6.07, 6.45) is 8.19. The van der Waals surface area contributed by atoms with Crippen LogP contribution in [0.1, 0.15) is 31.7 Å². The molecule has 0 radical (unpaired) electrons. The van der Waals surface area contributed by atoms with Crippen molar-refractivity contribution in [1.82, 2.24) is 9.55 Å². The Bertz CT molecular complexity index is 224. The summed E-state index contributed by atoms with van der Waals surface area (Å²) in [6, 6.07) is 0. The van der Waals surface area contributed by atoms with Crippen LogP contribution in [0, 0.1) is 0 Å². The van der Waals surface area contributed by atoms with Crippen LogP contribution in [-0.2, 0) is 0 Å². The molecule has 74 valence electrons. The van der Waals surface area contributed by atoms with Crippen molar-refractivity contribution in [2.45, 2.75) is 37.1 Å². The van der Waals surface area contributed by atoms with Crippen LogP contribution in [0.4, 0.5) is 0 Å². The predicted molar refractivity (Wildman–Crippen MR) is 56.3 cm³/mol. The van der Waals surface area contributed by atoms with Gasteiger partial charge in [-0.2, -0.15) is 0 Å². The topological polar surface area (TPSA) is 17.8 Å². The maximum absolute atomic E-state index is 6.12. The van der Waals surface area contributed by atoms with Crippen LogP contribution in [0.3, 0.4) is 0 Å². The smallest absolute Gasteiger partial charge is 0.110 e. The second-order valence-electron chi connectivity index (χ2n) is 3.07. The molecular formula is C9H14Cl2N2. The van der Waals surface area contributed by atoms with Crippen LogP contribution >= 0.6 is 23.2 Å². The molecule has 0 N–H and O–H groups in total. The SMILES string of the molecule is CCCC(Cl)CC(Cl)n1ccnc1. The van der Waals surface area contributed by atoms with Crippen molar-refractivity contribution in [3.8, 4) is 0 Å². The molecule has 0 aliphatic rings. The van der Waals surface area contributed by atoms with E-state index < -0.39 is 0 Å². The maximum Gasteiger partial charge on any atom is 0.110 e. The highest BCUT2D eigenvalue weighted by Gasteiger charge is 2.12. The second-order valence-corrected chi connectivity index (χ2v) is 4.19. The molecule has 0 aliphatic heterocycles. The minimum Gasteiger partial charge on any atom is -0.320 e. The molecule has 1 aromatic heterocycles. The molecule has 2 nitrogen and oxygen atoms in total. The molecule has 0 aliphatic carbocycles. The Morgan fingerprint density at radius 2 is 2.23 bits per heavy atom. The summed E-state index contributed by atoms with van der Waals surface area (Å²) in [4.78, 5) is 3.93. The van der Waals surface area contributed by atoms with Gasteiger partial charge in [-0.1, -0.05) is 24.9 Å².